The second-order valence-corrected chi connectivity index (χ2v) is 7.32. The maximum Gasteiger partial charge on any atom is 0.343 e. The highest BCUT2D eigenvalue weighted by Gasteiger charge is 2.16. The zero-order chi connectivity index (χ0) is 20.1. The molecule has 9 heteroatoms. The van der Waals surface area contributed by atoms with Crippen LogP contribution >= 0.6 is 0 Å². The molecule has 0 saturated carbocycles. The number of nitro benzene ring substituents is 1. The lowest BCUT2D eigenvalue weighted by molar-refractivity contribution is -0.384. The molecule has 0 aliphatic rings. The Morgan fingerprint density at radius 3 is 2.07 bits per heavy atom. The molecule has 3 aromatic carbocycles. The van der Waals surface area contributed by atoms with E-state index in [9.17, 15) is 23.3 Å². The van der Waals surface area contributed by atoms with Crippen LogP contribution in [0.15, 0.2) is 83.8 Å². The minimum Gasteiger partial charge on any atom is -0.423 e. The fraction of sp³-hybridized carbons (Fsp3) is 0. The summed E-state index contributed by atoms with van der Waals surface area (Å²) in [5, 5.41) is 10.7. The summed E-state index contributed by atoms with van der Waals surface area (Å²) in [5.41, 5.74) is 0.437. The molecule has 0 saturated heterocycles. The topological polar surface area (TPSA) is 116 Å². The lowest BCUT2D eigenvalue weighted by atomic mass is 10.2. The normalized spacial score (nSPS) is 10.9. The lowest BCUT2D eigenvalue weighted by Gasteiger charge is -2.09. The minimum absolute atomic E-state index is 0.113. The molecule has 0 aliphatic carbocycles. The standard InChI is InChI=1S/C19H14N2O6S/c22-19(14-4-2-1-3-5-14)27-17-10-6-15(7-11-17)20-28(25,26)18-12-8-16(9-13-18)21(23)24/h1-13,20H. The number of esters is 1. The number of rotatable bonds is 6. The van der Waals surface area contributed by atoms with Gasteiger partial charge in [-0.2, -0.15) is 0 Å². The van der Waals surface area contributed by atoms with Crippen molar-refractivity contribution in [3.63, 3.8) is 0 Å². The lowest BCUT2D eigenvalue weighted by Crippen LogP contribution is -2.13. The van der Waals surface area contributed by atoms with E-state index in [1.807, 2.05) is 0 Å². The molecule has 0 spiro atoms. The van der Waals surface area contributed by atoms with Crippen molar-refractivity contribution in [1.82, 2.24) is 0 Å². The molecule has 0 radical (unpaired) electrons. The van der Waals surface area contributed by atoms with Gasteiger partial charge in [-0.15, -0.1) is 0 Å². The van der Waals surface area contributed by atoms with Crippen LogP contribution in [0.4, 0.5) is 11.4 Å². The molecule has 0 amide bonds. The van der Waals surface area contributed by atoms with Crippen LogP contribution < -0.4 is 9.46 Å². The molecule has 3 rings (SSSR count). The van der Waals surface area contributed by atoms with Crippen molar-refractivity contribution in [3.05, 3.63) is 94.5 Å². The van der Waals surface area contributed by atoms with Gasteiger partial charge in [0.05, 0.1) is 15.4 Å². The van der Waals surface area contributed by atoms with E-state index in [1.54, 1.807) is 30.3 Å². The van der Waals surface area contributed by atoms with Crippen LogP contribution in [0, 0.1) is 10.1 Å². The average molecular weight is 398 g/mol. The van der Waals surface area contributed by atoms with E-state index in [1.165, 1.54) is 24.3 Å². The summed E-state index contributed by atoms with van der Waals surface area (Å²) in [5.74, 6) is -0.271. The number of non-ortho nitro benzene ring substituents is 1. The molecule has 3 aromatic rings. The Morgan fingerprint density at radius 2 is 1.50 bits per heavy atom. The maximum atomic E-state index is 12.4. The second kappa shape index (κ2) is 7.89. The van der Waals surface area contributed by atoms with E-state index in [-0.39, 0.29) is 22.0 Å². The zero-order valence-corrected chi connectivity index (χ0v) is 15.1. The third kappa shape index (κ3) is 4.51. The Bertz CT molecular complexity index is 1100. The Hall–Kier alpha value is -3.72. The number of hydrogen-bond acceptors (Lipinski definition) is 6. The summed E-state index contributed by atoms with van der Waals surface area (Å²) >= 11 is 0. The van der Waals surface area contributed by atoms with Crippen LogP contribution in [0.25, 0.3) is 0 Å². The Kier molecular flexibility index (Phi) is 5.37. The van der Waals surface area contributed by atoms with Crippen LogP contribution in [0.3, 0.4) is 0 Å². The smallest absolute Gasteiger partial charge is 0.343 e. The number of sulfonamides is 1. The Morgan fingerprint density at radius 1 is 0.893 bits per heavy atom. The number of hydrogen-bond donors (Lipinski definition) is 1. The van der Waals surface area contributed by atoms with Gasteiger partial charge in [0, 0.05) is 17.8 Å². The summed E-state index contributed by atoms with van der Waals surface area (Å²) < 4.78 is 32.3. The average Bonchev–Trinajstić information content (AvgIpc) is 2.70. The zero-order valence-electron chi connectivity index (χ0n) is 14.3. The van der Waals surface area contributed by atoms with Gasteiger partial charge in [-0.25, -0.2) is 13.2 Å². The van der Waals surface area contributed by atoms with Crippen LogP contribution in [-0.4, -0.2) is 19.3 Å². The SMILES string of the molecule is O=C(Oc1ccc(NS(=O)(=O)c2ccc([N+](=O)[O-])cc2)cc1)c1ccccc1. The van der Waals surface area contributed by atoms with Gasteiger partial charge in [0.15, 0.2) is 0 Å². The second-order valence-electron chi connectivity index (χ2n) is 5.64. The summed E-state index contributed by atoms with van der Waals surface area (Å²) in [6.45, 7) is 0. The predicted molar refractivity (Wildman–Crippen MR) is 102 cm³/mol. The van der Waals surface area contributed by atoms with E-state index < -0.39 is 20.9 Å². The van der Waals surface area contributed by atoms with Crippen molar-refractivity contribution < 1.29 is 22.9 Å². The molecule has 1 N–H and O–H groups in total. The first-order valence-corrected chi connectivity index (χ1v) is 9.48. The number of benzene rings is 3. The molecular formula is C19H14N2O6S. The predicted octanol–water partition coefficient (Wildman–Crippen LogP) is 3.61. The summed E-state index contributed by atoms with van der Waals surface area (Å²) in [4.78, 5) is 21.9. The molecule has 0 fully saturated rings. The van der Waals surface area contributed by atoms with Gasteiger partial charge in [-0.1, -0.05) is 18.2 Å². The van der Waals surface area contributed by atoms with Crippen molar-refractivity contribution in [2.45, 2.75) is 4.90 Å². The van der Waals surface area contributed by atoms with Crippen molar-refractivity contribution in [2.75, 3.05) is 4.72 Å². The molecule has 8 nitrogen and oxygen atoms in total. The first kappa shape index (κ1) is 19.1. The van der Waals surface area contributed by atoms with E-state index in [0.717, 1.165) is 24.3 Å². The Balaban J connectivity index is 1.69. The third-order valence-corrected chi connectivity index (χ3v) is 5.08. The van der Waals surface area contributed by atoms with Gasteiger partial charge in [0.25, 0.3) is 15.7 Å². The number of ether oxygens (including phenoxy) is 1. The largest absolute Gasteiger partial charge is 0.423 e. The van der Waals surface area contributed by atoms with Gasteiger partial charge >= 0.3 is 5.97 Å². The molecule has 0 bridgehead atoms. The van der Waals surface area contributed by atoms with Crippen molar-refractivity contribution in [2.24, 2.45) is 0 Å². The number of nitrogens with zero attached hydrogens (tertiary/aromatic N) is 1. The molecule has 0 heterocycles. The number of nitro groups is 1. The Labute approximate surface area is 160 Å². The minimum atomic E-state index is -3.92. The molecule has 0 unspecified atom stereocenters. The highest BCUT2D eigenvalue weighted by molar-refractivity contribution is 7.92. The monoisotopic (exact) mass is 398 g/mol. The van der Waals surface area contributed by atoms with Gasteiger partial charge in [-0.3, -0.25) is 14.8 Å². The first-order valence-electron chi connectivity index (χ1n) is 8.00. The van der Waals surface area contributed by atoms with Crippen molar-refractivity contribution in [3.8, 4) is 5.75 Å². The highest BCUT2D eigenvalue weighted by atomic mass is 32.2. The van der Waals surface area contributed by atoms with Gasteiger partial charge in [0.2, 0.25) is 0 Å². The highest BCUT2D eigenvalue weighted by Crippen LogP contribution is 2.21. The number of carbonyl (C=O) groups is 1. The van der Waals surface area contributed by atoms with Crippen LogP contribution in [0.5, 0.6) is 5.75 Å². The van der Waals surface area contributed by atoms with Gasteiger partial charge in [0.1, 0.15) is 5.75 Å². The molecule has 0 aromatic heterocycles. The van der Waals surface area contributed by atoms with Crippen LogP contribution in [0.1, 0.15) is 10.4 Å². The van der Waals surface area contributed by atoms with E-state index >= 15 is 0 Å². The molecule has 0 atom stereocenters. The number of carbonyl (C=O) groups excluding carboxylic acids is 1. The van der Waals surface area contributed by atoms with Gasteiger partial charge in [-0.05, 0) is 48.5 Å². The van der Waals surface area contributed by atoms with E-state index in [2.05, 4.69) is 4.72 Å². The molecule has 142 valence electrons. The fourth-order valence-electron chi connectivity index (χ4n) is 2.29. The van der Waals surface area contributed by atoms with E-state index in [4.69, 9.17) is 4.74 Å². The summed E-state index contributed by atoms with van der Waals surface area (Å²) in [7, 11) is -3.92. The molecular weight excluding hydrogens is 384 g/mol. The summed E-state index contributed by atoms with van der Waals surface area (Å²) in [6, 6.07) is 18.8. The van der Waals surface area contributed by atoms with Crippen molar-refractivity contribution in [1.29, 1.82) is 0 Å². The fourth-order valence-corrected chi connectivity index (χ4v) is 3.35. The van der Waals surface area contributed by atoms with Crippen LogP contribution in [0.2, 0.25) is 0 Å². The van der Waals surface area contributed by atoms with Gasteiger partial charge < -0.3 is 4.74 Å². The first-order chi connectivity index (χ1) is 13.3. The maximum absolute atomic E-state index is 12.4. The summed E-state index contributed by atoms with van der Waals surface area (Å²) in [6.07, 6.45) is 0. The quantitative estimate of drug-likeness (QED) is 0.293. The van der Waals surface area contributed by atoms with Crippen molar-refractivity contribution >= 4 is 27.4 Å². The third-order valence-electron chi connectivity index (χ3n) is 3.68. The molecule has 28 heavy (non-hydrogen) atoms. The molecule has 0 aliphatic heterocycles. The number of anilines is 1. The van der Waals surface area contributed by atoms with E-state index in [0.29, 0.717) is 5.56 Å². The van der Waals surface area contributed by atoms with Crippen LogP contribution in [-0.2, 0) is 10.0 Å². The number of nitrogens with one attached hydrogen (secondary N) is 1.